The van der Waals surface area contributed by atoms with Crippen LogP contribution in [0.1, 0.15) is 34.1 Å². The van der Waals surface area contributed by atoms with Gasteiger partial charge in [-0.3, -0.25) is 4.79 Å². The van der Waals surface area contributed by atoms with Crippen molar-refractivity contribution in [1.82, 2.24) is 10.5 Å². The van der Waals surface area contributed by atoms with Gasteiger partial charge in [-0.2, -0.15) is 0 Å². The topological polar surface area (TPSA) is 109 Å². The Morgan fingerprint density at radius 2 is 1.66 bits per heavy atom. The summed E-state index contributed by atoms with van der Waals surface area (Å²) in [6.45, 7) is 6.55. The Morgan fingerprint density at radius 3 is 2.34 bits per heavy atom. The molecule has 41 heavy (non-hydrogen) atoms. The van der Waals surface area contributed by atoms with Crippen molar-refractivity contribution in [2.75, 3.05) is 32.8 Å². The molecular weight excluding hydrogens is 549 g/mol. The first kappa shape index (κ1) is 30.0. The molecule has 1 saturated heterocycles. The largest absolute Gasteiger partial charge is 1.00 e. The number of halogens is 2. The molecule has 0 atom stereocenters. The fourth-order valence-corrected chi connectivity index (χ4v) is 4.99. The Bertz CT molecular complexity index is 1470. The van der Waals surface area contributed by atoms with Gasteiger partial charge in [0.1, 0.15) is 37.0 Å². The van der Waals surface area contributed by atoms with Crippen molar-refractivity contribution in [2.45, 2.75) is 26.3 Å². The van der Waals surface area contributed by atoms with Gasteiger partial charge in [-0.05, 0) is 54.7 Å². The van der Waals surface area contributed by atoms with Crippen LogP contribution in [-0.4, -0.2) is 54.1 Å². The number of quaternary nitrogens is 1. The van der Waals surface area contributed by atoms with Gasteiger partial charge in [0.05, 0.1) is 24.3 Å². The Labute approximate surface area is 244 Å². The number of carbonyl (C=O) groups excluding carboxylic acids is 1. The number of carbonyl (C=O) groups is 1. The third-order valence-corrected chi connectivity index (χ3v) is 7.18. The summed E-state index contributed by atoms with van der Waals surface area (Å²) in [5.41, 5.74) is 4.25. The van der Waals surface area contributed by atoms with Crippen LogP contribution < -0.4 is 22.6 Å². The van der Waals surface area contributed by atoms with Crippen molar-refractivity contribution in [2.24, 2.45) is 0 Å². The third-order valence-electron chi connectivity index (χ3n) is 7.18. The Kier molecular flexibility index (Phi) is 9.99. The average molecular weight is 582 g/mol. The first-order valence-electron chi connectivity index (χ1n) is 13.5. The van der Waals surface area contributed by atoms with Crippen molar-refractivity contribution in [3.63, 3.8) is 0 Å². The molecule has 0 unspecified atom stereocenters. The minimum absolute atomic E-state index is 0. The van der Waals surface area contributed by atoms with Crippen LogP contribution in [0.3, 0.4) is 0 Å². The van der Waals surface area contributed by atoms with E-state index in [2.05, 4.69) is 10.5 Å². The molecular formula is C31H33ClFN3O5. The van der Waals surface area contributed by atoms with Crippen molar-refractivity contribution in [3.8, 4) is 33.9 Å². The molecule has 0 radical (unpaired) electrons. The molecule has 3 aromatic carbocycles. The van der Waals surface area contributed by atoms with Gasteiger partial charge in [-0.15, -0.1) is 0 Å². The minimum atomic E-state index is -0.385. The highest BCUT2D eigenvalue weighted by atomic mass is 35.5. The molecule has 1 aliphatic heterocycles. The second kappa shape index (κ2) is 13.6. The van der Waals surface area contributed by atoms with Gasteiger partial charge in [0.25, 0.3) is 5.91 Å². The van der Waals surface area contributed by atoms with Crippen LogP contribution in [0.2, 0.25) is 0 Å². The summed E-state index contributed by atoms with van der Waals surface area (Å²) in [5, 5.41) is 28.2. The van der Waals surface area contributed by atoms with Crippen LogP contribution >= 0.6 is 0 Å². The minimum Gasteiger partial charge on any atom is -1.00 e. The fourth-order valence-electron chi connectivity index (χ4n) is 4.99. The second-order valence-corrected chi connectivity index (χ2v) is 9.96. The van der Waals surface area contributed by atoms with Gasteiger partial charge in [0, 0.05) is 18.2 Å². The fraction of sp³-hybridized carbons (Fsp3) is 0.290. The molecule has 4 aromatic rings. The van der Waals surface area contributed by atoms with E-state index in [1.807, 2.05) is 31.2 Å². The maximum Gasteiger partial charge on any atom is 0.274 e. The number of aromatic hydroxyl groups is 2. The van der Waals surface area contributed by atoms with E-state index in [9.17, 15) is 19.4 Å². The maximum absolute atomic E-state index is 13.3. The van der Waals surface area contributed by atoms with Crippen LogP contribution in [0.25, 0.3) is 22.5 Å². The molecule has 0 saturated carbocycles. The number of benzene rings is 3. The number of hydrogen-bond acceptors (Lipinski definition) is 6. The first-order chi connectivity index (χ1) is 19.4. The SMILES string of the molecule is CCNC(=O)c1noc(-c2cc(CCc3ccc(F)cc3)c(O)cc2O)c1-c1ccc(C[NH+]2CCOCC2)cc1.[Cl-]. The van der Waals surface area contributed by atoms with Crippen LogP contribution in [0.15, 0.2) is 65.2 Å². The van der Waals surface area contributed by atoms with Crippen LogP contribution in [0, 0.1) is 5.82 Å². The molecule has 8 nitrogen and oxygen atoms in total. The molecule has 1 fully saturated rings. The predicted molar refractivity (Wildman–Crippen MR) is 148 cm³/mol. The van der Waals surface area contributed by atoms with Gasteiger partial charge in [-0.1, -0.05) is 41.6 Å². The number of phenolic OH excluding ortho intramolecular Hbond substituents is 2. The second-order valence-electron chi connectivity index (χ2n) is 9.96. The van der Waals surface area contributed by atoms with E-state index in [4.69, 9.17) is 9.26 Å². The maximum atomic E-state index is 13.3. The van der Waals surface area contributed by atoms with E-state index in [1.165, 1.54) is 23.1 Å². The zero-order valence-electron chi connectivity index (χ0n) is 22.8. The first-order valence-corrected chi connectivity index (χ1v) is 13.5. The average Bonchev–Trinajstić information content (AvgIpc) is 3.40. The highest BCUT2D eigenvalue weighted by Gasteiger charge is 2.27. The summed E-state index contributed by atoms with van der Waals surface area (Å²) in [5.74, 6) is -0.731. The van der Waals surface area contributed by atoms with E-state index in [0.29, 0.717) is 36.1 Å². The van der Waals surface area contributed by atoms with Crippen molar-refractivity contribution in [1.29, 1.82) is 0 Å². The number of aryl methyl sites for hydroxylation is 2. The van der Waals surface area contributed by atoms with E-state index < -0.39 is 0 Å². The van der Waals surface area contributed by atoms with Crippen molar-refractivity contribution >= 4 is 5.91 Å². The molecule has 1 amide bonds. The Morgan fingerprint density at radius 1 is 0.976 bits per heavy atom. The lowest BCUT2D eigenvalue weighted by molar-refractivity contribution is -0.921. The van der Waals surface area contributed by atoms with Crippen LogP contribution in [0.4, 0.5) is 4.39 Å². The Hall–Kier alpha value is -3.92. The third kappa shape index (κ3) is 7.05. The standard InChI is InChI=1S/C31H32FN3O5.ClH/c1-2-33-31(38)29-28(22-8-4-21(5-9-22)19-35-13-15-39-16-14-35)30(40-34-29)25-17-23(26(36)18-27(25)37)10-3-20-6-11-24(32)12-7-20;/h4-9,11-12,17-18,36-37H,2-3,10,13-16,19H2,1H3,(H,33,38);1H. The molecule has 10 heteroatoms. The van der Waals surface area contributed by atoms with Crippen molar-refractivity contribution in [3.05, 3.63) is 88.9 Å². The summed E-state index contributed by atoms with van der Waals surface area (Å²) < 4.78 is 24.4. The smallest absolute Gasteiger partial charge is 0.274 e. The van der Waals surface area contributed by atoms with Crippen LogP contribution in [-0.2, 0) is 24.1 Å². The van der Waals surface area contributed by atoms with Gasteiger partial charge in [-0.25, -0.2) is 4.39 Å². The number of aromatic nitrogens is 1. The summed E-state index contributed by atoms with van der Waals surface area (Å²) in [6, 6.07) is 17.0. The number of nitrogens with one attached hydrogen (secondary N) is 2. The van der Waals surface area contributed by atoms with E-state index >= 15 is 0 Å². The number of ether oxygens (including phenoxy) is 1. The van der Waals surface area contributed by atoms with Crippen LogP contribution in [0.5, 0.6) is 11.5 Å². The van der Waals surface area contributed by atoms with Gasteiger partial charge in [0.15, 0.2) is 11.5 Å². The highest BCUT2D eigenvalue weighted by molar-refractivity contribution is 6.02. The van der Waals surface area contributed by atoms with E-state index in [-0.39, 0.29) is 47.1 Å². The lowest BCUT2D eigenvalue weighted by Gasteiger charge is -2.23. The normalized spacial score (nSPS) is 13.5. The Balaban J connectivity index is 0.00000387. The summed E-state index contributed by atoms with van der Waals surface area (Å²) in [7, 11) is 0. The van der Waals surface area contributed by atoms with Gasteiger partial charge in [0.2, 0.25) is 0 Å². The van der Waals surface area contributed by atoms with E-state index in [1.54, 1.807) is 18.2 Å². The number of morpholine rings is 1. The number of amides is 1. The summed E-state index contributed by atoms with van der Waals surface area (Å²) >= 11 is 0. The lowest BCUT2D eigenvalue weighted by atomic mass is 9.95. The number of hydrogen-bond donors (Lipinski definition) is 4. The van der Waals surface area contributed by atoms with Crippen molar-refractivity contribution < 1.29 is 46.0 Å². The molecule has 216 valence electrons. The molecule has 4 N–H and O–H groups in total. The molecule has 0 spiro atoms. The quantitative estimate of drug-likeness (QED) is 0.229. The molecule has 2 heterocycles. The number of phenols is 2. The molecule has 5 rings (SSSR count). The predicted octanol–water partition coefficient (Wildman–Crippen LogP) is 0.513. The molecule has 1 aliphatic rings. The zero-order chi connectivity index (χ0) is 28.1. The zero-order valence-corrected chi connectivity index (χ0v) is 23.5. The van der Waals surface area contributed by atoms with Gasteiger partial charge < -0.3 is 42.1 Å². The summed E-state index contributed by atoms with van der Waals surface area (Å²) in [4.78, 5) is 14.4. The highest BCUT2D eigenvalue weighted by Crippen LogP contribution is 2.42. The number of rotatable bonds is 9. The monoisotopic (exact) mass is 581 g/mol. The molecule has 0 aliphatic carbocycles. The number of nitrogens with zero attached hydrogens (tertiary/aromatic N) is 1. The lowest BCUT2D eigenvalue weighted by Crippen LogP contribution is -3.12. The summed E-state index contributed by atoms with van der Waals surface area (Å²) in [6.07, 6.45) is 0.994. The van der Waals surface area contributed by atoms with Gasteiger partial charge >= 0.3 is 0 Å². The molecule has 1 aromatic heterocycles. The molecule has 0 bridgehead atoms. The van der Waals surface area contributed by atoms with E-state index in [0.717, 1.165) is 49.5 Å².